The van der Waals surface area contributed by atoms with Crippen LogP contribution in [0.1, 0.15) is 61.5 Å². The zero-order valence-corrected chi connectivity index (χ0v) is 16.0. The Kier molecular flexibility index (Phi) is 4.73. The molecule has 0 bridgehead atoms. The lowest BCUT2D eigenvalue weighted by Crippen LogP contribution is -2.07. The number of imidazole rings is 1. The van der Waals surface area contributed by atoms with Gasteiger partial charge in [-0.2, -0.15) is 0 Å². The number of fused-ring (bicyclic) bond motifs is 1. The number of carboxylic acid groups (broad SMARTS) is 1. The summed E-state index contributed by atoms with van der Waals surface area (Å²) in [6, 6.07) is 14.4. The van der Waals surface area contributed by atoms with Crippen LogP contribution >= 0.6 is 0 Å². The van der Waals surface area contributed by atoms with Crippen molar-refractivity contribution in [1.29, 1.82) is 0 Å². The molecule has 27 heavy (non-hydrogen) atoms. The fourth-order valence-electron chi connectivity index (χ4n) is 4.23. The lowest BCUT2D eigenvalue weighted by atomic mass is 10.0. The second kappa shape index (κ2) is 7.18. The Morgan fingerprint density at radius 1 is 1.15 bits per heavy atom. The number of rotatable bonds is 5. The molecule has 1 fully saturated rings. The quantitative estimate of drug-likeness (QED) is 0.632. The number of hydrogen-bond acceptors (Lipinski definition) is 2. The van der Waals surface area contributed by atoms with E-state index < -0.39 is 5.97 Å². The third kappa shape index (κ3) is 3.48. The molecule has 2 aromatic carbocycles. The average Bonchev–Trinajstić information content (AvgIpc) is 3.28. The van der Waals surface area contributed by atoms with E-state index in [2.05, 4.69) is 42.7 Å². The largest absolute Gasteiger partial charge is 0.478 e. The van der Waals surface area contributed by atoms with Gasteiger partial charge in [-0.15, -0.1) is 0 Å². The van der Waals surface area contributed by atoms with Crippen LogP contribution in [-0.2, 0) is 6.42 Å². The molecule has 140 valence electrons. The van der Waals surface area contributed by atoms with Gasteiger partial charge in [0.05, 0.1) is 16.6 Å². The molecule has 1 heterocycles. The monoisotopic (exact) mass is 362 g/mol. The van der Waals surface area contributed by atoms with Crippen molar-refractivity contribution in [2.45, 2.75) is 52.0 Å². The van der Waals surface area contributed by atoms with Crippen LogP contribution in [0, 0.1) is 5.92 Å². The van der Waals surface area contributed by atoms with Gasteiger partial charge in [0.1, 0.15) is 5.82 Å². The molecule has 0 radical (unpaired) electrons. The van der Waals surface area contributed by atoms with Crippen molar-refractivity contribution in [3.05, 3.63) is 53.6 Å². The number of aromatic nitrogens is 2. The Bertz CT molecular complexity index is 964. The van der Waals surface area contributed by atoms with E-state index in [0.717, 1.165) is 41.7 Å². The third-order valence-electron chi connectivity index (χ3n) is 5.48. The first-order valence-electron chi connectivity index (χ1n) is 9.87. The van der Waals surface area contributed by atoms with E-state index in [1.165, 1.54) is 18.4 Å². The van der Waals surface area contributed by atoms with Crippen molar-refractivity contribution >= 4 is 17.0 Å². The van der Waals surface area contributed by atoms with E-state index in [1.807, 2.05) is 6.07 Å². The summed E-state index contributed by atoms with van der Waals surface area (Å²) in [5.41, 5.74) is 4.53. The van der Waals surface area contributed by atoms with Gasteiger partial charge in [0.15, 0.2) is 0 Å². The first-order chi connectivity index (χ1) is 13.0. The van der Waals surface area contributed by atoms with E-state index in [0.29, 0.717) is 12.0 Å². The minimum atomic E-state index is -0.910. The zero-order valence-electron chi connectivity index (χ0n) is 16.0. The first-order valence-corrected chi connectivity index (χ1v) is 9.87. The molecule has 0 spiro atoms. The predicted octanol–water partition coefficient (Wildman–Crippen LogP) is 5.72. The number of aromatic carboxylic acids is 1. The van der Waals surface area contributed by atoms with Crippen molar-refractivity contribution < 1.29 is 9.90 Å². The van der Waals surface area contributed by atoms with Gasteiger partial charge in [0.2, 0.25) is 0 Å². The summed E-state index contributed by atoms with van der Waals surface area (Å²) in [5.74, 6) is 0.677. The number of hydrogen-bond donors (Lipinski definition) is 1. The molecule has 0 atom stereocenters. The molecule has 1 N–H and O–H groups in total. The smallest absolute Gasteiger partial charge is 0.335 e. The predicted molar refractivity (Wildman–Crippen MR) is 108 cm³/mol. The molecular weight excluding hydrogens is 336 g/mol. The standard InChI is InChI=1S/C23H26N2O2/c1-15(2)13-16-7-9-17(10-8-16)22-24-20-14-18(23(26)27)11-12-21(20)25(22)19-5-3-4-6-19/h7-12,14-15,19H,3-6,13H2,1-2H3,(H,26,27). The summed E-state index contributed by atoms with van der Waals surface area (Å²) < 4.78 is 2.34. The minimum absolute atomic E-state index is 0.289. The summed E-state index contributed by atoms with van der Waals surface area (Å²) in [6.07, 6.45) is 5.87. The van der Waals surface area contributed by atoms with Crippen LogP contribution in [0.4, 0.5) is 0 Å². The van der Waals surface area contributed by atoms with Crippen LogP contribution in [-0.4, -0.2) is 20.6 Å². The summed E-state index contributed by atoms with van der Waals surface area (Å²) in [4.78, 5) is 16.2. The van der Waals surface area contributed by atoms with Crippen molar-refractivity contribution in [3.8, 4) is 11.4 Å². The van der Waals surface area contributed by atoms with Crippen LogP contribution < -0.4 is 0 Å². The molecule has 1 aromatic heterocycles. The van der Waals surface area contributed by atoms with Crippen molar-refractivity contribution in [1.82, 2.24) is 9.55 Å². The highest BCUT2D eigenvalue weighted by Crippen LogP contribution is 2.37. The Hall–Kier alpha value is -2.62. The van der Waals surface area contributed by atoms with Gasteiger partial charge in [-0.3, -0.25) is 0 Å². The summed E-state index contributed by atoms with van der Waals surface area (Å²) in [7, 11) is 0. The lowest BCUT2D eigenvalue weighted by Gasteiger charge is -2.17. The number of carbonyl (C=O) groups is 1. The van der Waals surface area contributed by atoms with Gasteiger partial charge < -0.3 is 9.67 Å². The Balaban J connectivity index is 1.82. The number of carboxylic acids is 1. The van der Waals surface area contributed by atoms with Gasteiger partial charge in [0.25, 0.3) is 0 Å². The molecule has 4 nitrogen and oxygen atoms in total. The fraction of sp³-hybridized carbons (Fsp3) is 0.391. The molecule has 3 aromatic rings. The molecular formula is C23H26N2O2. The van der Waals surface area contributed by atoms with Crippen LogP contribution in [0.25, 0.3) is 22.4 Å². The van der Waals surface area contributed by atoms with Gasteiger partial charge in [-0.1, -0.05) is 51.0 Å². The van der Waals surface area contributed by atoms with Crippen LogP contribution in [0.5, 0.6) is 0 Å². The molecule has 0 amide bonds. The van der Waals surface area contributed by atoms with Gasteiger partial charge in [-0.05, 0) is 48.9 Å². The summed E-state index contributed by atoms with van der Waals surface area (Å²) >= 11 is 0. The third-order valence-corrected chi connectivity index (χ3v) is 5.48. The van der Waals surface area contributed by atoms with Gasteiger partial charge in [-0.25, -0.2) is 9.78 Å². The number of nitrogens with zero attached hydrogens (tertiary/aromatic N) is 2. The van der Waals surface area contributed by atoms with Gasteiger partial charge in [0, 0.05) is 11.6 Å². The van der Waals surface area contributed by atoms with Crippen LogP contribution in [0.15, 0.2) is 42.5 Å². The molecule has 1 aliphatic carbocycles. The Morgan fingerprint density at radius 3 is 2.48 bits per heavy atom. The highest BCUT2D eigenvalue weighted by atomic mass is 16.4. The average molecular weight is 362 g/mol. The Labute approximate surface area is 159 Å². The first kappa shape index (κ1) is 17.8. The summed E-state index contributed by atoms with van der Waals surface area (Å²) in [5, 5.41) is 9.32. The maximum atomic E-state index is 11.4. The zero-order chi connectivity index (χ0) is 19.0. The van der Waals surface area contributed by atoms with Crippen molar-refractivity contribution in [2.75, 3.05) is 0 Å². The number of benzene rings is 2. The second-order valence-electron chi connectivity index (χ2n) is 8.05. The lowest BCUT2D eigenvalue weighted by molar-refractivity contribution is 0.0697. The topological polar surface area (TPSA) is 55.1 Å². The molecule has 4 heteroatoms. The van der Waals surface area contributed by atoms with E-state index >= 15 is 0 Å². The maximum absolute atomic E-state index is 11.4. The summed E-state index contributed by atoms with van der Waals surface area (Å²) in [6.45, 7) is 4.46. The highest BCUT2D eigenvalue weighted by Gasteiger charge is 2.24. The molecule has 0 saturated heterocycles. The molecule has 1 aliphatic rings. The second-order valence-corrected chi connectivity index (χ2v) is 8.05. The van der Waals surface area contributed by atoms with E-state index in [4.69, 9.17) is 4.98 Å². The van der Waals surface area contributed by atoms with Crippen LogP contribution in [0.2, 0.25) is 0 Å². The normalized spacial score (nSPS) is 15.1. The van der Waals surface area contributed by atoms with Crippen LogP contribution in [0.3, 0.4) is 0 Å². The Morgan fingerprint density at radius 2 is 1.85 bits per heavy atom. The highest BCUT2D eigenvalue weighted by molar-refractivity contribution is 5.93. The SMILES string of the molecule is CC(C)Cc1ccc(-c2nc3cc(C(=O)O)ccc3n2C2CCCC2)cc1. The maximum Gasteiger partial charge on any atom is 0.335 e. The van der Waals surface area contributed by atoms with Crippen molar-refractivity contribution in [2.24, 2.45) is 5.92 Å². The van der Waals surface area contributed by atoms with E-state index in [-0.39, 0.29) is 5.56 Å². The molecule has 0 unspecified atom stereocenters. The van der Waals surface area contributed by atoms with E-state index in [1.54, 1.807) is 12.1 Å². The molecule has 1 saturated carbocycles. The minimum Gasteiger partial charge on any atom is -0.478 e. The van der Waals surface area contributed by atoms with Crippen molar-refractivity contribution in [3.63, 3.8) is 0 Å². The van der Waals surface area contributed by atoms with Gasteiger partial charge >= 0.3 is 5.97 Å². The molecule has 0 aliphatic heterocycles. The molecule has 4 rings (SSSR count). The fourth-order valence-corrected chi connectivity index (χ4v) is 4.23. The van der Waals surface area contributed by atoms with E-state index in [9.17, 15) is 9.90 Å².